The molecule has 6 heteroatoms. The molecular formula is C13H19N5O. The average molecular weight is 261 g/mol. The summed E-state index contributed by atoms with van der Waals surface area (Å²) in [5.41, 5.74) is 0. The van der Waals surface area contributed by atoms with E-state index in [1.165, 1.54) is 0 Å². The minimum Gasteiger partial charge on any atom is -0.377 e. The van der Waals surface area contributed by atoms with Crippen LogP contribution in [0.15, 0.2) is 18.5 Å². The number of rotatable bonds is 6. The third kappa shape index (κ3) is 3.08. The number of hydrogen-bond acceptors (Lipinski definition) is 5. The van der Waals surface area contributed by atoms with Crippen LogP contribution in [-0.4, -0.2) is 33.7 Å². The average Bonchev–Trinajstić information content (AvgIpc) is 2.87. The zero-order valence-corrected chi connectivity index (χ0v) is 11.6. The summed E-state index contributed by atoms with van der Waals surface area (Å²) in [4.78, 5) is 13.2. The third-order valence-electron chi connectivity index (χ3n) is 2.73. The Morgan fingerprint density at radius 1 is 1.37 bits per heavy atom. The summed E-state index contributed by atoms with van der Waals surface area (Å²) in [6.07, 6.45) is 5.68. The van der Waals surface area contributed by atoms with Crippen molar-refractivity contribution in [2.45, 2.75) is 26.4 Å². The van der Waals surface area contributed by atoms with E-state index in [9.17, 15) is 0 Å². The molecule has 0 amide bonds. The Bertz CT molecular complexity index is 538. The molecule has 0 radical (unpaired) electrons. The van der Waals surface area contributed by atoms with Gasteiger partial charge in [0.05, 0.1) is 0 Å². The van der Waals surface area contributed by atoms with Crippen LogP contribution in [0, 0.1) is 0 Å². The maximum Gasteiger partial charge on any atom is 0.158 e. The van der Waals surface area contributed by atoms with E-state index in [1.807, 2.05) is 23.9 Å². The molecule has 2 aromatic rings. The number of hydrogen-bond donors (Lipinski definition) is 1. The Hall–Kier alpha value is -1.95. The zero-order valence-electron chi connectivity index (χ0n) is 11.6. The van der Waals surface area contributed by atoms with Gasteiger partial charge >= 0.3 is 0 Å². The lowest BCUT2D eigenvalue weighted by atomic mass is 10.3. The number of aryl methyl sites for hydroxylation is 1. The van der Waals surface area contributed by atoms with Gasteiger partial charge in [0.15, 0.2) is 5.82 Å². The Labute approximate surface area is 112 Å². The highest BCUT2D eigenvalue weighted by molar-refractivity contribution is 5.41. The van der Waals surface area contributed by atoms with Crippen molar-refractivity contribution in [2.24, 2.45) is 0 Å². The van der Waals surface area contributed by atoms with Crippen molar-refractivity contribution < 1.29 is 4.74 Å². The van der Waals surface area contributed by atoms with Crippen LogP contribution in [0.2, 0.25) is 0 Å². The lowest BCUT2D eigenvalue weighted by Crippen LogP contribution is -2.08. The number of methoxy groups -OCH3 is 1. The molecule has 0 aliphatic carbocycles. The molecule has 2 heterocycles. The molecule has 0 unspecified atom stereocenters. The van der Waals surface area contributed by atoms with Crippen LogP contribution >= 0.6 is 0 Å². The van der Waals surface area contributed by atoms with Crippen LogP contribution in [0.25, 0.3) is 5.82 Å². The number of imidazole rings is 1. The van der Waals surface area contributed by atoms with Crippen LogP contribution in [0.1, 0.15) is 25.0 Å². The van der Waals surface area contributed by atoms with Gasteiger partial charge in [-0.1, -0.05) is 6.92 Å². The Morgan fingerprint density at radius 3 is 2.89 bits per heavy atom. The van der Waals surface area contributed by atoms with E-state index < -0.39 is 0 Å². The summed E-state index contributed by atoms with van der Waals surface area (Å²) in [7, 11) is 3.47. The van der Waals surface area contributed by atoms with E-state index in [2.05, 4.69) is 27.2 Å². The molecule has 102 valence electrons. The highest BCUT2D eigenvalue weighted by Crippen LogP contribution is 2.14. The second kappa shape index (κ2) is 6.29. The topological polar surface area (TPSA) is 64.9 Å². The second-order valence-electron chi connectivity index (χ2n) is 4.17. The molecule has 0 aliphatic heterocycles. The monoisotopic (exact) mass is 261 g/mol. The number of nitrogens with one attached hydrogen (secondary N) is 1. The van der Waals surface area contributed by atoms with Crippen LogP contribution in [0.4, 0.5) is 5.82 Å². The molecule has 2 rings (SSSR count). The van der Waals surface area contributed by atoms with Gasteiger partial charge in [-0.15, -0.1) is 0 Å². The normalized spacial score (nSPS) is 10.7. The molecule has 0 bridgehead atoms. The molecule has 0 fully saturated rings. The van der Waals surface area contributed by atoms with E-state index in [4.69, 9.17) is 4.74 Å². The first-order valence-corrected chi connectivity index (χ1v) is 6.35. The van der Waals surface area contributed by atoms with Gasteiger partial charge in [0.2, 0.25) is 0 Å². The molecule has 6 nitrogen and oxygen atoms in total. The maximum absolute atomic E-state index is 5.10. The Kier molecular flexibility index (Phi) is 4.46. The van der Waals surface area contributed by atoms with Gasteiger partial charge in [-0.2, -0.15) is 0 Å². The third-order valence-corrected chi connectivity index (χ3v) is 2.73. The smallest absolute Gasteiger partial charge is 0.158 e. The first-order chi connectivity index (χ1) is 9.28. The lowest BCUT2D eigenvalue weighted by molar-refractivity contribution is 0.178. The van der Waals surface area contributed by atoms with Crippen molar-refractivity contribution in [3.63, 3.8) is 0 Å². The molecule has 19 heavy (non-hydrogen) atoms. The fraction of sp³-hybridized carbons (Fsp3) is 0.462. The van der Waals surface area contributed by atoms with Crippen LogP contribution in [0.3, 0.4) is 0 Å². The van der Waals surface area contributed by atoms with Gasteiger partial charge in [-0.3, -0.25) is 4.57 Å². The minimum absolute atomic E-state index is 0.389. The number of ether oxygens (including phenoxy) is 1. The van der Waals surface area contributed by atoms with Crippen molar-refractivity contribution in [2.75, 3.05) is 19.5 Å². The van der Waals surface area contributed by atoms with Gasteiger partial charge in [0, 0.05) is 39.0 Å². The van der Waals surface area contributed by atoms with Gasteiger partial charge in [-0.25, -0.2) is 15.0 Å². The molecule has 0 atom stereocenters. The van der Waals surface area contributed by atoms with Gasteiger partial charge in [0.1, 0.15) is 24.1 Å². The first kappa shape index (κ1) is 13.5. The molecule has 0 aromatic carbocycles. The summed E-state index contributed by atoms with van der Waals surface area (Å²) in [5.74, 6) is 3.24. The van der Waals surface area contributed by atoms with Crippen molar-refractivity contribution in [1.82, 2.24) is 19.5 Å². The fourth-order valence-corrected chi connectivity index (χ4v) is 1.88. The highest BCUT2D eigenvalue weighted by Gasteiger charge is 2.09. The van der Waals surface area contributed by atoms with E-state index in [0.717, 1.165) is 30.3 Å². The highest BCUT2D eigenvalue weighted by atomic mass is 16.5. The molecule has 2 aromatic heterocycles. The molecular weight excluding hydrogens is 242 g/mol. The van der Waals surface area contributed by atoms with Crippen LogP contribution in [0.5, 0.6) is 0 Å². The lowest BCUT2D eigenvalue weighted by Gasteiger charge is -2.10. The quantitative estimate of drug-likeness (QED) is 0.859. The standard InChI is InChI=1S/C13H19N5O/c1-4-5-12-15-6-7-18(12)13-8-10(14-2)16-11(17-13)9-19-3/h6-8H,4-5,9H2,1-3H3,(H,14,16,17). The minimum atomic E-state index is 0.389. The van der Waals surface area contributed by atoms with Gasteiger partial charge < -0.3 is 10.1 Å². The van der Waals surface area contributed by atoms with E-state index in [-0.39, 0.29) is 0 Å². The van der Waals surface area contributed by atoms with Crippen LogP contribution in [-0.2, 0) is 17.8 Å². The van der Waals surface area contributed by atoms with Crippen molar-refractivity contribution >= 4 is 5.82 Å². The summed E-state index contributed by atoms with van der Waals surface area (Å²) in [5, 5.41) is 3.04. The predicted molar refractivity (Wildman–Crippen MR) is 73.4 cm³/mol. The van der Waals surface area contributed by atoms with Crippen molar-refractivity contribution in [3.8, 4) is 5.82 Å². The fourth-order valence-electron chi connectivity index (χ4n) is 1.88. The first-order valence-electron chi connectivity index (χ1n) is 6.35. The second-order valence-corrected chi connectivity index (χ2v) is 4.17. The summed E-state index contributed by atoms with van der Waals surface area (Å²) >= 11 is 0. The van der Waals surface area contributed by atoms with Gasteiger partial charge in [0.25, 0.3) is 0 Å². The summed E-state index contributed by atoms with van der Waals surface area (Å²) < 4.78 is 7.09. The molecule has 0 spiro atoms. The van der Waals surface area contributed by atoms with Crippen LogP contribution < -0.4 is 5.32 Å². The largest absolute Gasteiger partial charge is 0.377 e. The van der Waals surface area contributed by atoms with E-state index in [1.54, 1.807) is 13.3 Å². The maximum atomic E-state index is 5.10. The number of aromatic nitrogens is 4. The Morgan fingerprint density at radius 2 is 2.21 bits per heavy atom. The number of anilines is 1. The van der Waals surface area contributed by atoms with Crippen molar-refractivity contribution in [1.29, 1.82) is 0 Å². The van der Waals surface area contributed by atoms with Gasteiger partial charge in [-0.05, 0) is 6.42 Å². The van der Waals surface area contributed by atoms with E-state index >= 15 is 0 Å². The Balaban J connectivity index is 2.42. The number of nitrogens with zero attached hydrogens (tertiary/aromatic N) is 4. The predicted octanol–water partition coefficient (Wildman–Crippen LogP) is 1.80. The van der Waals surface area contributed by atoms with Crippen molar-refractivity contribution in [3.05, 3.63) is 30.1 Å². The zero-order chi connectivity index (χ0) is 13.7. The molecule has 0 aliphatic rings. The molecule has 0 saturated heterocycles. The summed E-state index contributed by atoms with van der Waals surface area (Å²) in [6.45, 7) is 2.52. The van der Waals surface area contributed by atoms with E-state index in [0.29, 0.717) is 12.4 Å². The summed E-state index contributed by atoms with van der Waals surface area (Å²) in [6, 6.07) is 1.90. The molecule has 0 saturated carbocycles. The molecule has 1 N–H and O–H groups in total. The SMILES string of the molecule is CCCc1nccn1-c1cc(NC)nc(COC)n1.